The van der Waals surface area contributed by atoms with Gasteiger partial charge in [0, 0.05) is 17.9 Å². The minimum Gasteiger partial charge on any atom is -0.387 e. The number of aliphatic hydroxyl groups is 1. The van der Waals surface area contributed by atoms with Gasteiger partial charge in [0.2, 0.25) is 5.82 Å². The van der Waals surface area contributed by atoms with E-state index in [-0.39, 0.29) is 18.3 Å². The van der Waals surface area contributed by atoms with Crippen molar-refractivity contribution in [3.05, 3.63) is 65.4 Å². The molecule has 1 amide bonds. The van der Waals surface area contributed by atoms with E-state index in [0.717, 1.165) is 11.4 Å². The largest absolute Gasteiger partial charge is 0.387 e. The van der Waals surface area contributed by atoms with Crippen molar-refractivity contribution in [3.63, 3.8) is 0 Å². The van der Waals surface area contributed by atoms with Crippen LogP contribution in [0.4, 0.5) is 0 Å². The summed E-state index contributed by atoms with van der Waals surface area (Å²) in [6, 6.07) is 11.0. The monoisotopic (exact) mass is 378 g/mol. The van der Waals surface area contributed by atoms with E-state index in [1.54, 1.807) is 22.8 Å². The predicted molar refractivity (Wildman–Crippen MR) is 99.5 cm³/mol. The predicted octanol–water partition coefficient (Wildman–Crippen LogP) is 1.86. The zero-order chi connectivity index (χ0) is 19.7. The van der Waals surface area contributed by atoms with Crippen LogP contribution >= 0.6 is 0 Å². The van der Waals surface area contributed by atoms with Gasteiger partial charge in [0.05, 0.1) is 17.9 Å². The second-order valence-corrected chi connectivity index (χ2v) is 6.39. The summed E-state index contributed by atoms with van der Waals surface area (Å²) in [6.45, 7) is 3.83. The molecule has 142 valence electrons. The first-order valence-corrected chi connectivity index (χ1v) is 8.70. The normalized spacial score (nSPS) is 12.2. The average molecular weight is 378 g/mol. The molecule has 0 spiro atoms. The van der Waals surface area contributed by atoms with Gasteiger partial charge in [0.25, 0.3) is 0 Å². The second kappa shape index (κ2) is 7.20. The van der Waals surface area contributed by atoms with Crippen molar-refractivity contribution in [3.8, 4) is 11.4 Å². The molecule has 0 aliphatic carbocycles. The maximum atomic E-state index is 12.3. The molecule has 3 heterocycles. The van der Waals surface area contributed by atoms with Gasteiger partial charge in [0.15, 0.2) is 5.65 Å². The quantitative estimate of drug-likeness (QED) is 0.544. The van der Waals surface area contributed by atoms with Gasteiger partial charge in [-0.1, -0.05) is 35.5 Å². The molecule has 0 aliphatic rings. The maximum Gasteiger partial charge on any atom is 0.316 e. The van der Waals surface area contributed by atoms with Crippen molar-refractivity contribution in [1.29, 1.82) is 0 Å². The van der Waals surface area contributed by atoms with Gasteiger partial charge in [-0.2, -0.15) is 10.1 Å². The van der Waals surface area contributed by atoms with Gasteiger partial charge in [-0.15, -0.1) is 0 Å². The van der Waals surface area contributed by atoms with Crippen LogP contribution in [0.5, 0.6) is 0 Å². The lowest BCUT2D eigenvalue weighted by Crippen LogP contribution is -2.28. The number of benzene rings is 1. The van der Waals surface area contributed by atoms with Crippen LogP contribution in [0.2, 0.25) is 0 Å². The Kier molecular flexibility index (Phi) is 4.58. The lowest BCUT2D eigenvalue weighted by molar-refractivity contribution is 0.0873. The number of hydrogen-bond acceptors (Lipinski definition) is 7. The van der Waals surface area contributed by atoms with Crippen molar-refractivity contribution < 1.29 is 14.4 Å². The minimum absolute atomic E-state index is 0.0250. The fraction of sp³-hybridized carbons (Fsp3) is 0.211. The summed E-state index contributed by atoms with van der Waals surface area (Å²) in [6.07, 6.45) is 0.753. The number of amides is 1. The number of rotatable bonds is 5. The zero-order valence-electron chi connectivity index (χ0n) is 15.3. The summed E-state index contributed by atoms with van der Waals surface area (Å²) in [5.74, 6) is -0.536. The molecule has 0 radical (unpaired) electrons. The highest BCUT2D eigenvalue weighted by Gasteiger charge is 2.20. The van der Waals surface area contributed by atoms with E-state index in [1.807, 2.05) is 38.1 Å². The molecule has 1 aromatic carbocycles. The van der Waals surface area contributed by atoms with Crippen molar-refractivity contribution >= 4 is 11.6 Å². The Morgan fingerprint density at radius 3 is 2.82 bits per heavy atom. The number of nitrogens with zero attached hydrogens (tertiary/aromatic N) is 5. The molecule has 0 saturated carbocycles. The number of carbonyl (C=O) groups is 1. The van der Waals surface area contributed by atoms with E-state index < -0.39 is 12.0 Å². The van der Waals surface area contributed by atoms with Crippen LogP contribution in [-0.4, -0.2) is 42.3 Å². The Morgan fingerprint density at radius 1 is 1.25 bits per heavy atom. The number of aliphatic hydroxyl groups excluding tert-OH is 1. The number of aryl methyl sites for hydroxylation is 2. The third-order valence-corrected chi connectivity index (χ3v) is 4.28. The molecule has 1 atom stereocenters. The second-order valence-electron chi connectivity index (χ2n) is 6.39. The van der Waals surface area contributed by atoms with Crippen molar-refractivity contribution in [2.75, 3.05) is 6.54 Å². The molecule has 3 aromatic heterocycles. The van der Waals surface area contributed by atoms with Crippen molar-refractivity contribution in [2.24, 2.45) is 0 Å². The summed E-state index contributed by atoms with van der Waals surface area (Å²) in [5.41, 5.74) is 3.62. The fourth-order valence-corrected chi connectivity index (χ4v) is 2.91. The third kappa shape index (κ3) is 3.35. The first-order valence-electron chi connectivity index (χ1n) is 8.70. The molecule has 9 heteroatoms. The third-order valence-electron chi connectivity index (χ3n) is 4.28. The zero-order valence-corrected chi connectivity index (χ0v) is 15.3. The molecule has 0 saturated heterocycles. The van der Waals surface area contributed by atoms with Crippen LogP contribution in [-0.2, 0) is 0 Å². The van der Waals surface area contributed by atoms with Crippen molar-refractivity contribution in [1.82, 2.24) is 30.1 Å². The summed E-state index contributed by atoms with van der Waals surface area (Å²) in [5, 5.41) is 20.9. The topological polar surface area (TPSA) is 118 Å². The van der Waals surface area contributed by atoms with Crippen LogP contribution in [0.1, 0.15) is 33.7 Å². The van der Waals surface area contributed by atoms with Gasteiger partial charge in [-0.25, -0.2) is 9.50 Å². The van der Waals surface area contributed by atoms with E-state index in [4.69, 9.17) is 4.52 Å². The maximum absolute atomic E-state index is 12.3. The van der Waals surface area contributed by atoms with E-state index >= 15 is 0 Å². The Bertz CT molecular complexity index is 1140. The summed E-state index contributed by atoms with van der Waals surface area (Å²) >= 11 is 0. The number of fused-ring (bicyclic) bond motifs is 1. The molecule has 0 aliphatic heterocycles. The number of hydrogen-bond donors (Lipinski definition) is 2. The first kappa shape index (κ1) is 17.8. The molecule has 2 N–H and O–H groups in total. The summed E-state index contributed by atoms with van der Waals surface area (Å²) in [4.78, 5) is 20.9. The van der Waals surface area contributed by atoms with Gasteiger partial charge in [-0.3, -0.25) is 4.79 Å². The first-order chi connectivity index (χ1) is 13.5. The lowest BCUT2D eigenvalue weighted by atomic mass is 10.1. The molecule has 9 nitrogen and oxygen atoms in total. The number of carbonyl (C=O) groups excluding carboxylic acids is 1. The molecule has 1 unspecified atom stereocenters. The molecular formula is C19H18N6O3. The average Bonchev–Trinajstić information content (AvgIpc) is 3.33. The molecule has 4 rings (SSSR count). The summed E-state index contributed by atoms with van der Waals surface area (Å²) in [7, 11) is 0. The highest BCUT2D eigenvalue weighted by molar-refractivity contribution is 5.90. The van der Waals surface area contributed by atoms with E-state index in [2.05, 4.69) is 25.5 Å². The van der Waals surface area contributed by atoms with E-state index in [1.165, 1.54) is 0 Å². The van der Waals surface area contributed by atoms with Gasteiger partial charge in [0.1, 0.15) is 0 Å². The highest BCUT2D eigenvalue weighted by Crippen LogP contribution is 2.21. The van der Waals surface area contributed by atoms with E-state index in [0.29, 0.717) is 16.8 Å². The minimum atomic E-state index is -0.831. The highest BCUT2D eigenvalue weighted by atomic mass is 16.5. The van der Waals surface area contributed by atoms with E-state index in [9.17, 15) is 9.90 Å². The van der Waals surface area contributed by atoms with Crippen LogP contribution in [0.3, 0.4) is 0 Å². The molecule has 4 aromatic rings. The lowest BCUT2D eigenvalue weighted by Gasteiger charge is -2.10. The Hall–Kier alpha value is -3.59. The van der Waals surface area contributed by atoms with Crippen LogP contribution < -0.4 is 5.32 Å². The fourth-order valence-electron chi connectivity index (χ4n) is 2.91. The standard InChI is InChI=1S/C19H18N6O3/c1-11-8-12(2)25-17(22-11)14(9-21-25)16-23-19(28-24-16)18(27)20-10-15(26)13-6-4-3-5-7-13/h3-9,15,26H,10H2,1-2H3,(H,20,27). The smallest absolute Gasteiger partial charge is 0.316 e. The van der Waals surface area contributed by atoms with Crippen LogP contribution in [0, 0.1) is 13.8 Å². The Balaban J connectivity index is 1.51. The van der Waals surface area contributed by atoms with Crippen LogP contribution in [0.25, 0.3) is 17.0 Å². The summed E-state index contributed by atoms with van der Waals surface area (Å²) < 4.78 is 6.75. The van der Waals surface area contributed by atoms with Crippen molar-refractivity contribution in [2.45, 2.75) is 20.0 Å². The molecular weight excluding hydrogens is 360 g/mol. The van der Waals surface area contributed by atoms with Gasteiger partial charge in [-0.05, 0) is 25.5 Å². The molecule has 28 heavy (non-hydrogen) atoms. The SMILES string of the molecule is Cc1cc(C)n2ncc(-c3noc(C(=O)NCC(O)c4ccccc4)n3)c2n1. The molecule has 0 fully saturated rings. The molecule has 0 bridgehead atoms. The Labute approximate surface area is 160 Å². The number of aromatic nitrogens is 5. The van der Waals surface area contributed by atoms with Crippen LogP contribution in [0.15, 0.2) is 47.1 Å². The van der Waals surface area contributed by atoms with Gasteiger partial charge >= 0.3 is 11.8 Å². The van der Waals surface area contributed by atoms with Gasteiger partial charge < -0.3 is 14.9 Å². The Morgan fingerprint density at radius 2 is 2.04 bits per heavy atom. The number of nitrogens with one attached hydrogen (secondary N) is 1.